The first-order valence-corrected chi connectivity index (χ1v) is 13.2. The number of hydrogen-bond acceptors (Lipinski definition) is 12. The standard InChI is InChI=1S/C27H28N6O9/c1-2-20-22(34)23(35)26(42-20)31-15-28-21-24(31)29-27(41-14-12-17-5-9-19(10-6-17)33(38)39)30-25(21)40-13-11-16-3-7-18(8-4-16)32(36)37/h3-10,15,20,22-23,26,34-35H,2,11-14H2,1H3/t20-,22?,23+,26-/m1/s1. The van der Waals surface area contributed by atoms with Gasteiger partial charge in [-0.3, -0.25) is 24.8 Å². The molecule has 220 valence electrons. The lowest BCUT2D eigenvalue weighted by molar-refractivity contribution is -0.385. The summed E-state index contributed by atoms with van der Waals surface area (Å²) < 4.78 is 19.1. The summed E-state index contributed by atoms with van der Waals surface area (Å²) in [5.74, 6) is 0.117. The third kappa shape index (κ3) is 6.12. The topological polar surface area (TPSA) is 198 Å². The zero-order chi connectivity index (χ0) is 29.8. The lowest BCUT2D eigenvalue weighted by Crippen LogP contribution is -2.31. The lowest BCUT2D eigenvalue weighted by atomic mass is 10.1. The Morgan fingerprint density at radius 3 is 1.98 bits per heavy atom. The minimum absolute atomic E-state index is 0.00927. The molecule has 4 atom stereocenters. The smallest absolute Gasteiger partial charge is 0.321 e. The number of nitro benzene ring substituents is 2. The van der Waals surface area contributed by atoms with Crippen molar-refractivity contribution in [3.05, 3.63) is 86.2 Å². The van der Waals surface area contributed by atoms with E-state index in [9.17, 15) is 30.4 Å². The van der Waals surface area contributed by atoms with Crippen LogP contribution < -0.4 is 9.47 Å². The first-order valence-electron chi connectivity index (χ1n) is 13.2. The summed E-state index contributed by atoms with van der Waals surface area (Å²) in [4.78, 5) is 34.1. The van der Waals surface area contributed by atoms with Gasteiger partial charge in [0.2, 0.25) is 5.88 Å². The highest BCUT2D eigenvalue weighted by molar-refractivity contribution is 5.77. The number of aliphatic hydroxyl groups excluding tert-OH is 2. The Labute approximate surface area is 238 Å². The number of benzene rings is 2. The number of fused-ring (bicyclic) bond motifs is 1. The maximum absolute atomic E-state index is 10.9. The predicted molar refractivity (Wildman–Crippen MR) is 146 cm³/mol. The Morgan fingerprint density at radius 2 is 1.45 bits per heavy atom. The van der Waals surface area contributed by atoms with Crippen LogP contribution in [0.5, 0.6) is 11.9 Å². The molecule has 0 saturated carbocycles. The van der Waals surface area contributed by atoms with Crippen LogP contribution in [0, 0.1) is 20.2 Å². The van der Waals surface area contributed by atoms with E-state index in [1.165, 1.54) is 35.2 Å². The van der Waals surface area contributed by atoms with Crippen LogP contribution in [0.3, 0.4) is 0 Å². The second-order valence-corrected chi connectivity index (χ2v) is 9.63. The molecule has 2 N–H and O–H groups in total. The van der Waals surface area contributed by atoms with E-state index in [1.54, 1.807) is 24.3 Å². The number of aromatic nitrogens is 4. The van der Waals surface area contributed by atoms with E-state index in [1.807, 2.05) is 6.92 Å². The number of ether oxygens (including phenoxy) is 3. The van der Waals surface area contributed by atoms with E-state index in [0.717, 1.165) is 11.1 Å². The highest BCUT2D eigenvalue weighted by atomic mass is 16.6. The first kappa shape index (κ1) is 28.8. The van der Waals surface area contributed by atoms with Crippen LogP contribution in [0.1, 0.15) is 30.7 Å². The van der Waals surface area contributed by atoms with Crippen LogP contribution in [-0.4, -0.2) is 71.1 Å². The zero-order valence-electron chi connectivity index (χ0n) is 22.5. The van der Waals surface area contributed by atoms with Gasteiger partial charge < -0.3 is 24.4 Å². The van der Waals surface area contributed by atoms with E-state index in [-0.39, 0.29) is 47.6 Å². The molecule has 2 aromatic heterocycles. The van der Waals surface area contributed by atoms with Gasteiger partial charge in [0.1, 0.15) is 12.2 Å². The number of nitro groups is 2. The SMILES string of the molecule is CC[C@H]1O[C@@H](n2cnc3c(OCCc4ccc([N+](=O)[O-])cc4)nc(OCCc4ccc([N+](=O)[O-])cc4)nc32)[C@@H](O)C1O. The fraction of sp³-hybridized carbons (Fsp3) is 0.370. The molecule has 15 heteroatoms. The molecule has 0 bridgehead atoms. The van der Waals surface area contributed by atoms with Crippen molar-refractivity contribution in [3.8, 4) is 11.9 Å². The summed E-state index contributed by atoms with van der Waals surface area (Å²) in [6.45, 7) is 2.15. The predicted octanol–water partition coefficient (Wildman–Crippen LogP) is 2.91. The van der Waals surface area contributed by atoms with Gasteiger partial charge in [-0.05, 0) is 17.5 Å². The van der Waals surface area contributed by atoms with Gasteiger partial charge in [-0.1, -0.05) is 31.2 Å². The van der Waals surface area contributed by atoms with E-state index in [0.29, 0.717) is 19.3 Å². The molecule has 1 aliphatic heterocycles. The fourth-order valence-corrected chi connectivity index (χ4v) is 4.61. The van der Waals surface area contributed by atoms with Gasteiger partial charge in [0.05, 0.1) is 35.5 Å². The van der Waals surface area contributed by atoms with Crippen molar-refractivity contribution >= 4 is 22.5 Å². The monoisotopic (exact) mass is 580 g/mol. The van der Waals surface area contributed by atoms with E-state index in [4.69, 9.17) is 14.2 Å². The van der Waals surface area contributed by atoms with E-state index < -0.39 is 34.4 Å². The van der Waals surface area contributed by atoms with Gasteiger partial charge in [-0.2, -0.15) is 9.97 Å². The highest BCUT2D eigenvalue weighted by Gasteiger charge is 2.43. The molecule has 0 radical (unpaired) electrons. The normalized spacial score (nSPS) is 20.1. The van der Waals surface area contributed by atoms with Gasteiger partial charge in [-0.25, -0.2) is 4.98 Å². The van der Waals surface area contributed by atoms with Crippen molar-refractivity contribution in [2.45, 2.75) is 50.7 Å². The molecular formula is C27H28N6O9. The second-order valence-electron chi connectivity index (χ2n) is 9.63. The van der Waals surface area contributed by atoms with Crippen LogP contribution in [0.4, 0.5) is 11.4 Å². The van der Waals surface area contributed by atoms with E-state index >= 15 is 0 Å². The van der Waals surface area contributed by atoms with Gasteiger partial charge in [0.25, 0.3) is 11.4 Å². The summed E-state index contributed by atoms with van der Waals surface area (Å²) in [5, 5.41) is 42.9. The quantitative estimate of drug-likeness (QED) is 0.184. The molecule has 0 spiro atoms. The molecule has 1 fully saturated rings. The van der Waals surface area contributed by atoms with Crippen molar-refractivity contribution < 1.29 is 34.3 Å². The van der Waals surface area contributed by atoms with Crippen molar-refractivity contribution in [2.24, 2.45) is 0 Å². The first-order chi connectivity index (χ1) is 20.2. The Morgan fingerprint density at radius 1 is 0.881 bits per heavy atom. The lowest BCUT2D eigenvalue weighted by Gasteiger charge is -2.17. The van der Waals surface area contributed by atoms with Gasteiger partial charge in [-0.15, -0.1) is 0 Å². The Bertz CT molecular complexity index is 1560. The molecule has 4 aromatic rings. The third-order valence-electron chi connectivity index (χ3n) is 6.93. The van der Waals surface area contributed by atoms with Crippen molar-refractivity contribution in [1.29, 1.82) is 0 Å². The molecule has 5 rings (SSSR count). The molecule has 0 aliphatic carbocycles. The third-order valence-corrected chi connectivity index (χ3v) is 6.93. The molecule has 15 nitrogen and oxygen atoms in total. The average molecular weight is 581 g/mol. The number of hydrogen-bond donors (Lipinski definition) is 2. The van der Waals surface area contributed by atoms with E-state index in [2.05, 4.69) is 15.0 Å². The number of imidazole rings is 1. The Hall–Kier alpha value is -4.73. The summed E-state index contributed by atoms with van der Waals surface area (Å²) in [6.07, 6.45) is -1.08. The maximum atomic E-state index is 10.9. The molecule has 1 aliphatic rings. The number of rotatable bonds is 12. The molecule has 1 saturated heterocycles. The number of non-ortho nitro benzene ring substituents is 2. The molecule has 3 heterocycles. The summed E-state index contributed by atoms with van der Waals surface area (Å²) in [6, 6.07) is 12.2. The van der Waals surface area contributed by atoms with Crippen molar-refractivity contribution in [2.75, 3.05) is 13.2 Å². The van der Waals surface area contributed by atoms with Crippen LogP contribution in [-0.2, 0) is 17.6 Å². The summed E-state index contributed by atoms with van der Waals surface area (Å²) in [7, 11) is 0. The van der Waals surface area contributed by atoms with Crippen molar-refractivity contribution in [1.82, 2.24) is 19.5 Å². The fourth-order valence-electron chi connectivity index (χ4n) is 4.61. The molecule has 2 aromatic carbocycles. The minimum atomic E-state index is -1.22. The molecule has 42 heavy (non-hydrogen) atoms. The summed E-state index contributed by atoms with van der Waals surface area (Å²) in [5.41, 5.74) is 2.15. The van der Waals surface area contributed by atoms with Crippen LogP contribution in [0.2, 0.25) is 0 Å². The average Bonchev–Trinajstić information content (AvgIpc) is 3.53. The van der Waals surface area contributed by atoms with Crippen LogP contribution in [0.15, 0.2) is 54.9 Å². The van der Waals surface area contributed by atoms with Gasteiger partial charge in [0, 0.05) is 37.1 Å². The minimum Gasteiger partial charge on any atom is -0.476 e. The number of nitrogens with zero attached hydrogens (tertiary/aromatic N) is 6. The Kier molecular flexibility index (Phi) is 8.51. The highest BCUT2D eigenvalue weighted by Crippen LogP contribution is 2.34. The van der Waals surface area contributed by atoms with Crippen LogP contribution >= 0.6 is 0 Å². The number of aliphatic hydroxyl groups is 2. The van der Waals surface area contributed by atoms with Gasteiger partial charge in [0.15, 0.2) is 17.4 Å². The molecular weight excluding hydrogens is 552 g/mol. The molecule has 0 amide bonds. The van der Waals surface area contributed by atoms with Crippen LogP contribution in [0.25, 0.3) is 11.2 Å². The van der Waals surface area contributed by atoms with Crippen molar-refractivity contribution in [3.63, 3.8) is 0 Å². The largest absolute Gasteiger partial charge is 0.476 e. The Balaban J connectivity index is 1.36. The second kappa shape index (κ2) is 12.4. The summed E-state index contributed by atoms with van der Waals surface area (Å²) >= 11 is 0. The molecule has 1 unspecified atom stereocenters. The van der Waals surface area contributed by atoms with Gasteiger partial charge >= 0.3 is 6.01 Å². The maximum Gasteiger partial charge on any atom is 0.321 e. The zero-order valence-corrected chi connectivity index (χ0v) is 22.5.